The molecule has 1 amide bonds. The van der Waals surface area contributed by atoms with Crippen LogP contribution in [0.4, 0.5) is 0 Å². The first-order valence-electron chi connectivity index (χ1n) is 7.63. The second kappa shape index (κ2) is 7.38. The Balaban J connectivity index is 1.73. The van der Waals surface area contributed by atoms with E-state index in [-0.39, 0.29) is 11.9 Å². The van der Waals surface area contributed by atoms with Crippen LogP contribution in [0.25, 0.3) is 0 Å². The molecule has 6 nitrogen and oxygen atoms in total. The van der Waals surface area contributed by atoms with E-state index in [2.05, 4.69) is 20.1 Å². The number of nitrogens with two attached hydrogens (primary N) is 1. The van der Waals surface area contributed by atoms with Crippen LogP contribution in [0.5, 0.6) is 0 Å². The Hall–Kier alpha value is -1.43. The van der Waals surface area contributed by atoms with Gasteiger partial charge in [-0.05, 0) is 32.7 Å². The Morgan fingerprint density at radius 2 is 2.15 bits per heavy atom. The van der Waals surface area contributed by atoms with Crippen LogP contribution in [-0.4, -0.2) is 27.2 Å². The summed E-state index contributed by atoms with van der Waals surface area (Å²) in [7, 11) is 0. The molecule has 1 aliphatic heterocycles. The van der Waals surface area contributed by atoms with E-state index in [1.165, 1.54) is 0 Å². The van der Waals surface area contributed by atoms with Crippen LogP contribution < -0.4 is 11.1 Å². The first kappa shape index (κ1) is 15.0. The van der Waals surface area contributed by atoms with Gasteiger partial charge in [0.1, 0.15) is 5.82 Å². The fraction of sp³-hybridized carbons (Fsp3) is 0.786. The van der Waals surface area contributed by atoms with E-state index < -0.39 is 0 Å². The minimum absolute atomic E-state index is 0.0640. The molecule has 0 aliphatic carbocycles. The topological polar surface area (TPSA) is 85.8 Å². The normalized spacial score (nSPS) is 15.1. The van der Waals surface area contributed by atoms with Gasteiger partial charge >= 0.3 is 0 Å². The van der Waals surface area contributed by atoms with Crippen molar-refractivity contribution in [2.45, 2.75) is 64.5 Å². The molecule has 0 spiro atoms. The van der Waals surface area contributed by atoms with Gasteiger partial charge in [0.25, 0.3) is 0 Å². The van der Waals surface area contributed by atoms with E-state index in [0.29, 0.717) is 6.42 Å². The summed E-state index contributed by atoms with van der Waals surface area (Å²) in [6.45, 7) is 3.68. The smallest absolute Gasteiger partial charge is 0.220 e. The zero-order valence-corrected chi connectivity index (χ0v) is 12.3. The average molecular weight is 279 g/mol. The summed E-state index contributed by atoms with van der Waals surface area (Å²) in [5, 5.41) is 11.4. The van der Waals surface area contributed by atoms with Gasteiger partial charge in [0.15, 0.2) is 5.82 Å². The van der Waals surface area contributed by atoms with Crippen molar-refractivity contribution in [1.29, 1.82) is 0 Å². The van der Waals surface area contributed by atoms with Crippen LogP contribution in [0.1, 0.15) is 63.1 Å². The van der Waals surface area contributed by atoms with Crippen molar-refractivity contribution in [1.82, 2.24) is 20.1 Å². The summed E-state index contributed by atoms with van der Waals surface area (Å²) in [6, 6.07) is -0.0640. The molecule has 0 bridgehead atoms. The molecule has 1 aromatic rings. The monoisotopic (exact) mass is 279 g/mol. The zero-order chi connectivity index (χ0) is 14.4. The highest BCUT2D eigenvalue weighted by molar-refractivity contribution is 5.76. The van der Waals surface area contributed by atoms with Crippen LogP contribution in [-0.2, 0) is 17.8 Å². The van der Waals surface area contributed by atoms with E-state index in [1.807, 2.05) is 6.92 Å². The molecule has 20 heavy (non-hydrogen) atoms. The second-order valence-electron chi connectivity index (χ2n) is 5.47. The van der Waals surface area contributed by atoms with Gasteiger partial charge in [-0.15, -0.1) is 10.2 Å². The maximum absolute atomic E-state index is 11.9. The molecule has 1 aliphatic rings. The highest BCUT2D eigenvalue weighted by atomic mass is 16.1. The zero-order valence-electron chi connectivity index (χ0n) is 12.3. The van der Waals surface area contributed by atoms with Crippen molar-refractivity contribution in [3.63, 3.8) is 0 Å². The van der Waals surface area contributed by atoms with Crippen LogP contribution in [0.3, 0.4) is 0 Å². The van der Waals surface area contributed by atoms with Crippen molar-refractivity contribution in [3.05, 3.63) is 11.6 Å². The number of hydrogen-bond donors (Lipinski definition) is 2. The Labute approximate surface area is 120 Å². The first-order valence-corrected chi connectivity index (χ1v) is 7.63. The van der Waals surface area contributed by atoms with E-state index in [0.717, 1.165) is 63.3 Å². The van der Waals surface area contributed by atoms with E-state index >= 15 is 0 Å². The highest BCUT2D eigenvalue weighted by Crippen LogP contribution is 2.19. The number of unbranched alkanes of at least 4 members (excludes halogenated alkanes) is 3. The van der Waals surface area contributed by atoms with Gasteiger partial charge in [-0.25, -0.2) is 0 Å². The van der Waals surface area contributed by atoms with Crippen molar-refractivity contribution in [2.24, 2.45) is 5.73 Å². The van der Waals surface area contributed by atoms with Gasteiger partial charge in [0, 0.05) is 19.4 Å². The maximum atomic E-state index is 11.9. The van der Waals surface area contributed by atoms with Crippen molar-refractivity contribution in [2.75, 3.05) is 6.54 Å². The van der Waals surface area contributed by atoms with Crippen LogP contribution in [0.2, 0.25) is 0 Å². The Kier molecular flexibility index (Phi) is 5.52. The number of nitrogens with one attached hydrogen (secondary N) is 1. The molecule has 112 valence electrons. The third-order valence-corrected chi connectivity index (χ3v) is 3.76. The Morgan fingerprint density at radius 3 is 2.95 bits per heavy atom. The van der Waals surface area contributed by atoms with Crippen LogP contribution >= 0.6 is 0 Å². The lowest BCUT2D eigenvalue weighted by molar-refractivity contribution is -0.121. The fourth-order valence-corrected chi connectivity index (χ4v) is 2.65. The van der Waals surface area contributed by atoms with Crippen molar-refractivity contribution in [3.8, 4) is 0 Å². The third-order valence-electron chi connectivity index (χ3n) is 3.76. The SMILES string of the molecule is CC(NC(=O)CCCCCCN)c1nnc2n1CCC2. The largest absolute Gasteiger partial charge is 0.346 e. The minimum Gasteiger partial charge on any atom is -0.346 e. The number of aryl methyl sites for hydroxylation is 1. The second-order valence-corrected chi connectivity index (χ2v) is 5.47. The lowest BCUT2D eigenvalue weighted by atomic mass is 10.1. The summed E-state index contributed by atoms with van der Waals surface area (Å²) >= 11 is 0. The lowest BCUT2D eigenvalue weighted by Crippen LogP contribution is -2.28. The molecule has 2 rings (SSSR count). The minimum atomic E-state index is -0.0640. The van der Waals surface area contributed by atoms with E-state index in [4.69, 9.17) is 5.73 Å². The van der Waals surface area contributed by atoms with Crippen molar-refractivity contribution >= 4 is 5.91 Å². The number of amides is 1. The fourth-order valence-electron chi connectivity index (χ4n) is 2.65. The standard InChI is InChI=1S/C14H25N5O/c1-11(14-18-17-12-7-6-10-19(12)14)16-13(20)8-4-2-3-5-9-15/h11H,2-10,15H2,1H3,(H,16,20). The molecule has 1 unspecified atom stereocenters. The number of fused-ring (bicyclic) bond motifs is 1. The van der Waals surface area contributed by atoms with E-state index in [9.17, 15) is 4.79 Å². The molecule has 0 saturated heterocycles. The van der Waals surface area contributed by atoms with Gasteiger partial charge in [-0.3, -0.25) is 4.79 Å². The summed E-state index contributed by atoms with van der Waals surface area (Å²) in [5.41, 5.74) is 5.44. The average Bonchev–Trinajstić information content (AvgIpc) is 3.00. The summed E-state index contributed by atoms with van der Waals surface area (Å²) in [4.78, 5) is 11.9. The predicted molar refractivity (Wildman–Crippen MR) is 77.0 cm³/mol. The summed E-state index contributed by atoms with van der Waals surface area (Å²) in [5.74, 6) is 2.03. The molecule has 0 aromatic carbocycles. The van der Waals surface area contributed by atoms with Crippen LogP contribution in [0, 0.1) is 0 Å². The first-order chi connectivity index (χ1) is 9.72. The van der Waals surface area contributed by atoms with Gasteiger partial charge in [0.05, 0.1) is 6.04 Å². The number of hydrogen-bond acceptors (Lipinski definition) is 4. The highest BCUT2D eigenvalue weighted by Gasteiger charge is 2.22. The molecule has 1 atom stereocenters. The Bertz CT molecular complexity index is 443. The maximum Gasteiger partial charge on any atom is 0.220 e. The number of rotatable bonds is 8. The number of carbonyl (C=O) groups is 1. The molecule has 3 N–H and O–H groups in total. The molecule has 1 aromatic heterocycles. The Morgan fingerprint density at radius 1 is 1.35 bits per heavy atom. The molecular weight excluding hydrogens is 254 g/mol. The molecule has 0 fully saturated rings. The van der Waals surface area contributed by atoms with Crippen molar-refractivity contribution < 1.29 is 4.79 Å². The molecule has 6 heteroatoms. The quantitative estimate of drug-likeness (QED) is 0.703. The van der Waals surface area contributed by atoms with Gasteiger partial charge in [-0.1, -0.05) is 12.8 Å². The van der Waals surface area contributed by atoms with Crippen LogP contribution in [0.15, 0.2) is 0 Å². The number of carbonyl (C=O) groups excluding carboxylic acids is 1. The molecule has 2 heterocycles. The van der Waals surface area contributed by atoms with E-state index in [1.54, 1.807) is 0 Å². The molecule has 0 saturated carbocycles. The molecular formula is C14H25N5O. The number of aromatic nitrogens is 3. The summed E-state index contributed by atoms with van der Waals surface area (Å²) < 4.78 is 2.13. The third kappa shape index (κ3) is 3.79. The lowest BCUT2D eigenvalue weighted by Gasteiger charge is -2.13. The summed E-state index contributed by atoms with van der Waals surface area (Å²) in [6.07, 6.45) is 6.85. The predicted octanol–water partition coefficient (Wildman–Crippen LogP) is 1.31. The molecule has 0 radical (unpaired) electrons. The van der Waals surface area contributed by atoms with Gasteiger partial charge in [0.2, 0.25) is 5.91 Å². The van der Waals surface area contributed by atoms with Gasteiger partial charge in [-0.2, -0.15) is 0 Å². The van der Waals surface area contributed by atoms with Gasteiger partial charge < -0.3 is 15.6 Å². The number of nitrogens with zero attached hydrogens (tertiary/aromatic N) is 3.